The molecule has 0 aliphatic carbocycles. The number of benzene rings is 4. The lowest BCUT2D eigenvalue weighted by Crippen LogP contribution is -1.96. The monoisotopic (exact) mass is 640 g/mol. The van der Waals surface area contributed by atoms with E-state index in [2.05, 4.69) is 130 Å². The number of hydrogen-bond acceptors (Lipinski definition) is 4. The molecule has 0 amide bonds. The van der Waals surface area contributed by atoms with Gasteiger partial charge in [-0.3, -0.25) is 19.1 Å². The molecule has 0 bridgehead atoms. The van der Waals surface area contributed by atoms with Crippen molar-refractivity contribution in [3.05, 3.63) is 170 Å². The van der Waals surface area contributed by atoms with Gasteiger partial charge in [-0.2, -0.15) is 0 Å². The molecule has 6 aromatic heterocycles. The Morgan fingerprint density at radius 1 is 0.340 bits per heavy atom. The molecule has 6 heterocycles. The smallest absolute Gasteiger partial charge is 0.145 e. The van der Waals surface area contributed by atoms with Crippen molar-refractivity contribution in [3.8, 4) is 45.0 Å². The van der Waals surface area contributed by atoms with Crippen molar-refractivity contribution >= 4 is 43.9 Å². The first kappa shape index (κ1) is 28.1. The summed E-state index contributed by atoms with van der Waals surface area (Å²) >= 11 is 0. The number of fused-ring (bicyclic) bond motifs is 6. The molecule has 4 aromatic carbocycles. The topological polar surface area (TPSA) is 61.4 Å². The van der Waals surface area contributed by atoms with Crippen LogP contribution >= 0.6 is 0 Å². The van der Waals surface area contributed by atoms with Crippen LogP contribution in [0.3, 0.4) is 0 Å². The fourth-order valence-electron chi connectivity index (χ4n) is 7.20. The highest BCUT2D eigenvalue weighted by molar-refractivity contribution is 6.08. The molecule has 10 rings (SSSR count). The van der Waals surface area contributed by atoms with E-state index in [9.17, 15) is 0 Å². The number of rotatable bonds is 5. The van der Waals surface area contributed by atoms with Gasteiger partial charge in [0, 0.05) is 68.8 Å². The maximum absolute atomic E-state index is 4.83. The van der Waals surface area contributed by atoms with Gasteiger partial charge < -0.3 is 0 Å². The molecule has 0 aliphatic heterocycles. The van der Waals surface area contributed by atoms with Gasteiger partial charge in [-0.25, -0.2) is 9.97 Å². The molecule has 10 aromatic rings. The molecule has 0 unspecified atom stereocenters. The maximum atomic E-state index is 4.83. The zero-order valence-corrected chi connectivity index (χ0v) is 26.8. The highest BCUT2D eigenvalue weighted by Crippen LogP contribution is 2.34. The minimum absolute atomic E-state index is 0.827. The van der Waals surface area contributed by atoms with Crippen LogP contribution in [0.4, 0.5) is 0 Å². The van der Waals surface area contributed by atoms with Crippen LogP contribution < -0.4 is 0 Å². The van der Waals surface area contributed by atoms with Crippen LogP contribution in [-0.4, -0.2) is 29.1 Å². The van der Waals surface area contributed by atoms with Gasteiger partial charge in [-0.05, 0) is 83.9 Å². The van der Waals surface area contributed by atoms with Crippen molar-refractivity contribution in [3.63, 3.8) is 0 Å². The van der Waals surface area contributed by atoms with Gasteiger partial charge in [-0.15, -0.1) is 0 Å². The molecule has 0 fully saturated rings. The molecular formula is C44H28N6. The van der Waals surface area contributed by atoms with Crippen LogP contribution in [0.15, 0.2) is 170 Å². The van der Waals surface area contributed by atoms with E-state index < -0.39 is 0 Å². The molecular weight excluding hydrogens is 613 g/mol. The second-order valence-electron chi connectivity index (χ2n) is 12.4. The number of para-hydroxylation sites is 2. The summed E-state index contributed by atoms with van der Waals surface area (Å²) in [6.07, 6.45) is 7.56. The molecule has 6 heteroatoms. The normalized spacial score (nSPS) is 11.6. The summed E-state index contributed by atoms with van der Waals surface area (Å²) in [6, 6.07) is 50.6. The first-order valence-corrected chi connectivity index (χ1v) is 16.6. The van der Waals surface area contributed by atoms with Crippen molar-refractivity contribution in [2.45, 2.75) is 0 Å². The van der Waals surface area contributed by atoms with Crippen LogP contribution in [0.2, 0.25) is 0 Å². The number of aromatic nitrogens is 6. The highest BCUT2D eigenvalue weighted by atomic mass is 15.1. The fourth-order valence-corrected chi connectivity index (χ4v) is 7.20. The van der Waals surface area contributed by atoms with Crippen LogP contribution in [0.5, 0.6) is 0 Å². The van der Waals surface area contributed by atoms with Crippen LogP contribution in [0.25, 0.3) is 88.9 Å². The van der Waals surface area contributed by atoms with E-state index in [-0.39, 0.29) is 0 Å². The zero-order valence-electron chi connectivity index (χ0n) is 26.8. The van der Waals surface area contributed by atoms with E-state index in [1.54, 1.807) is 0 Å². The second kappa shape index (κ2) is 11.4. The Hall–Kier alpha value is -6.92. The molecule has 0 atom stereocenters. The fraction of sp³-hybridized carbons (Fsp3) is 0. The summed E-state index contributed by atoms with van der Waals surface area (Å²) in [5.74, 6) is 0. The van der Waals surface area contributed by atoms with Crippen molar-refractivity contribution < 1.29 is 0 Å². The summed E-state index contributed by atoms with van der Waals surface area (Å²) in [7, 11) is 0. The van der Waals surface area contributed by atoms with E-state index >= 15 is 0 Å². The van der Waals surface area contributed by atoms with Crippen molar-refractivity contribution in [1.29, 1.82) is 0 Å². The Morgan fingerprint density at radius 3 is 1.26 bits per heavy atom. The Labute approximate surface area is 287 Å². The average Bonchev–Trinajstić information content (AvgIpc) is 3.71. The molecule has 234 valence electrons. The van der Waals surface area contributed by atoms with Crippen LogP contribution in [-0.2, 0) is 0 Å². The molecule has 0 saturated carbocycles. The highest BCUT2D eigenvalue weighted by Gasteiger charge is 2.15. The van der Waals surface area contributed by atoms with Crippen LogP contribution in [0, 0.1) is 0 Å². The molecule has 0 N–H and O–H groups in total. The summed E-state index contributed by atoms with van der Waals surface area (Å²) in [6.45, 7) is 0. The van der Waals surface area contributed by atoms with Gasteiger partial charge in [0.1, 0.15) is 11.3 Å². The summed E-state index contributed by atoms with van der Waals surface area (Å²) in [4.78, 5) is 19.2. The largest absolute Gasteiger partial charge is 0.294 e. The Morgan fingerprint density at radius 2 is 0.800 bits per heavy atom. The Bertz CT molecular complexity index is 2560. The van der Waals surface area contributed by atoms with Gasteiger partial charge in [0.2, 0.25) is 0 Å². The lowest BCUT2D eigenvalue weighted by Gasteiger charge is -2.10. The standard InChI is InChI=1S/C44H28N6/c1-3-17-41-35(13-1)37-15-7-23-45-43(37)49(41)33-11-5-9-29(25-33)31-19-21-39(47-27-31)40-22-20-32(28-48-40)30-10-6-12-34(26-30)50-42-18-4-2-14-36(42)38-16-8-24-46-44(38)50/h1-28H. The predicted octanol–water partition coefficient (Wildman–Crippen LogP) is 10.5. The third-order valence-electron chi connectivity index (χ3n) is 9.53. The van der Waals surface area contributed by atoms with Gasteiger partial charge in [0.05, 0.1) is 22.4 Å². The van der Waals surface area contributed by atoms with Crippen LogP contribution in [0.1, 0.15) is 0 Å². The molecule has 0 aliphatic rings. The molecule has 0 saturated heterocycles. The second-order valence-corrected chi connectivity index (χ2v) is 12.4. The molecule has 50 heavy (non-hydrogen) atoms. The maximum Gasteiger partial charge on any atom is 0.145 e. The minimum Gasteiger partial charge on any atom is -0.294 e. The van der Waals surface area contributed by atoms with Gasteiger partial charge in [-0.1, -0.05) is 72.8 Å². The summed E-state index contributed by atoms with van der Waals surface area (Å²) < 4.78 is 4.47. The van der Waals surface area contributed by atoms with Gasteiger partial charge >= 0.3 is 0 Å². The average molecular weight is 641 g/mol. The van der Waals surface area contributed by atoms with E-state index in [4.69, 9.17) is 19.9 Å². The first-order chi connectivity index (χ1) is 24.8. The molecule has 0 radical (unpaired) electrons. The lowest BCUT2D eigenvalue weighted by molar-refractivity contribution is 1.14. The van der Waals surface area contributed by atoms with Crippen molar-refractivity contribution in [2.24, 2.45) is 0 Å². The van der Waals surface area contributed by atoms with Crippen molar-refractivity contribution in [1.82, 2.24) is 29.1 Å². The van der Waals surface area contributed by atoms with E-state index in [0.29, 0.717) is 0 Å². The van der Waals surface area contributed by atoms with Crippen molar-refractivity contribution in [2.75, 3.05) is 0 Å². The van der Waals surface area contributed by atoms with Gasteiger partial charge in [0.25, 0.3) is 0 Å². The predicted molar refractivity (Wildman–Crippen MR) is 203 cm³/mol. The molecule has 0 spiro atoms. The number of nitrogens with zero attached hydrogens (tertiary/aromatic N) is 6. The molecule has 6 nitrogen and oxygen atoms in total. The number of pyridine rings is 4. The van der Waals surface area contributed by atoms with E-state index in [0.717, 1.165) is 78.1 Å². The van der Waals surface area contributed by atoms with E-state index in [1.165, 1.54) is 10.8 Å². The summed E-state index contributed by atoms with van der Waals surface area (Å²) in [5, 5.41) is 4.68. The van der Waals surface area contributed by atoms with Gasteiger partial charge in [0.15, 0.2) is 0 Å². The SMILES string of the molecule is c1cc(-c2ccc(-c3ccc(-c4cccc(-n5c6ccccc6c6cccnc65)c4)cn3)nc2)cc(-n2c3ccccc3c3cccnc32)c1. The Kier molecular flexibility index (Phi) is 6.39. The third kappa shape index (κ3) is 4.50. The zero-order chi connectivity index (χ0) is 33.0. The lowest BCUT2D eigenvalue weighted by atomic mass is 10.0. The number of hydrogen-bond donors (Lipinski definition) is 0. The Balaban J connectivity index is 0.949. The minimum atomic E-state index is 0.827. The first-order valence-electron chi connectivity index (χ1n) is 16.6. The summed E-state index contributed by atoms with van der Waals surface area (Å²) in [5.41, 5.74) is 12.2. The quantitative estimate of drug-likeness (QED) is 0.188. The third-order valence-corrected chi connectivity index (χ3v) is 9.53. The van der Waals surface area contributed by atoms with E-state index in [1.807, 2.05) is 49.1 Å².